The Balaban J connectivity index is 2.02. The maximum absolute atomic E-state index is 12.7. The number of hydrogen-bond donors (Lipinski definition) is 1. The van der Waals surface area contributed by atoms with Crippen molar-refractivity contribution in [3.63, 3.8) is 0 Å². The zero-order valence-corrected chi connectivity index (χ0v) is 12.8. The Morgan fingerprint density at radius 2 is 1.95 bits per heavy atom. The van der Waals surface area contributed by atoms with E-state index in [9.17, 15) is 9.90 Å². The van der Waals surface area contributed by atoms with Crippen LogP contribution in [-0.2, 0) is 5.72 Å². The minimum Gasteiger partial charge on any atom is -0.365 e. The number of aliphatic hydroxyl groups is 1. The van der Waals surface area contributed by atoms with E-state index < -0.39 is 5.72 Å². The summed E-state index contributed by atoms with van der Waals surface area (Å²) >= 11 is 5.94. The summed E-state index contributed by atoms with van der Waals surface area (Å²) in [7, 11) is 0. The fraction of sp³-hybridized carbons (Fsp3) is 0.176. The number of hydrazone groups is 1. The van der Waals surface area contributed by atoms with Gasteiger partial charge >= 0.3 is 0 Å². The molecular formula is C17H15ClN2O2. The normalized spacial score (nSPS) is 20.9. The largest absolute Gasteiger partial charge is 0.365 e. The molecule has 0 aliphatic carbocycles. The molecular weight excluding hydrogens is 300 g/mol. The highest BCUT2D eigenvalue weighted by atomic mass is 35.5. The third-order valence-corrected chi connectivity index (χ3v) is 3.86. The van der Waals surface area contributed by atoms with Gasteiger partial charge in [0.25, 0.3) is 5.91 Å². The van der Waals surface area contributed by atoms with Crippen LogP contribution in [0.1, 0.15) is 29.3 Å². The molecule has 0 fully saturated rings. The summed E-state index contributed by atoms with van der Waals surface area (Å²) in [5, 5.41) is 16.9. The van der Waals surface area contributed by atoms with E-state index in [1.807, 2.05) is 18.2 Å². The van der Waals surface area contributed by atoms with Gasteiger partial charge in [0.2, 0.25) is 0 Å². The lowest BCUT2D eigenvalue weighted by molar-refractivity contribution is -0.0765. The van der Waals surface area contributed by atoms with Gasteiger partial charge in [0, 0.05) is 28.3 Å². The second-order valence-electron chi connectivity index (χ2n) is 5.32. The number of carbonyl (C=O) groups is 1. The first-order chi connectivity index (χ1) is 10.5. The number of halogens is 1. The minimum atomic E-state index is -1.47. The average Bonchev–Trinajstić information content (AvgIpc) is 2.83. The van der Waals surface area contributed by atoms with Crippen LogP contribution in [0, 0.1) is 0 Å². The summed E-state index contributed by atoms with van der Waals surface area (Å²) in [5.41, 5.74) is 0.248. The fourth-order valence-electron chi connectivity index (χ4n) is 2.61. The molecule has 0 saturated carbocycles. The molecule has 3 rings (SSSR count). The van der Waals surface area contributed by atoms with Gasteiger partial charge in [-0.2, -0.15) is 10.1 Å². The minimum absolute atomic E-state index is 0.281. The third-order valence-electron chi connectivity index (χ3n) is 3.62. The topological polar surface area (TPSA) is 52.9 Å². The van der Waals surface area contributed by atoms with Crippen LogP contribution in [0.25, 0.3) is 0 Å². The van der Waals surface area contributed by atoms with E-state index in [1.54, 1.807) is 43.3 Å². The zero-order chi connectivity index (χ0) is 15.7. The molecule has 22 heavy (non-hydrogen) atoms. The van der Waals surface area contributed by atoms with Gasteiger partial charge in [-0.05, 0) is 25.1 Å². The monoisotopic (exact) mass is 314 g/mol. The number of rotatable bonds is 2. The average molecular weight is 315 g/mol. The van der Waals surface area contributed by atoms with Crippen LogP contribution >= 0.6 is 11.6 Å². The van der Waals surface area contributed by atoms with E-state index in [1.165, 1.54) is 0 Å². The highest BCUT2D eigenvalue weighted by molar-refractivity contribution is 6.31. The molecule has 4 nitrogen and oxygen atoms in total. The van der Waals surface area contributed by atoms with Gasteiger partial charge in [-0.1, -0.05) is 48.0 Å². The molecule has 1 atom stereocenters. The van der Waals surface area contributed by atoms with Crippen molar-refractivity contribution in [3.8, 4) is 0 Å². The molecule has 1 N–H and O–H groups in total. The van der Waals surface area contributed by atoms with Gasteiger partial charge in [0.1, 0.15) is 0 Å². The van der Waals surface area contributed by atoms with Crippen molar-refractivity contribution in [2.24, 2.45) is 5.10 Å². The summed E-state index contributed by atoms with van der Waals surface area (Å²) in [6.45, 7) is 1.79. The van der Waals surface area contributed by atoms with Crippen molar-refractivity contribution in [2.75, 3.05) is 0 Å². The molecule has 0 aromatic heterocycles. The summed E-state index contributed by atoms with van der Waals surface area (Å²) < 4.78 is 0. The predicted molar refractivity (Wildman–Crippen MR) is 85.7 cm³/mol. The van der Waals surface area contributed by atoms with Crippen molar-refractivity contribution < 1.29 is 9.90 Å². The number of hydrogen-bond acceptors (Lipinski definition) is 3. The molecule has 2 aromatic rings. The van der Waals surface area contributed by atoms with Crippen LogP contribution < -0.4 is 0 Å². The summed E-state index contributed by atoms with van der Waals surface area (Å²) in [6, 6.07) is 15.7. The standard InChI is InChI=1S/C17H15ClN2O2/c1-12-11-17(22,14-7-3-2-4-8-14)20(19-12)16(21)13-6-5-9-15(18)10-13/h2-10,22H,11H2,1H3/t17-/m1/s1. The lowest BCUT2D eigenvalue weighted by Gasteiger charge is -2.31. The molecule has 1 aliphatic heterocycles. The summed E-state index contributed by atoms with van der Waals surface area (Å²) in [4.78, 5) is 12.7. The molecule has 1 amide bonds. The molecule has 0 radical (unpaired) electrons. The molecule has 0 spiro atoms. The van der Waals surface area contributed by atoms with Crippen LogP contribution in [0.4, 0.5) is 0 Å². The number of carbonyl (C=O) groups excluding carboxylic acids is 1. The van der Waals surface area contributed by atoms with Crippen molar-refractivity contribution in [2.45, 2.75) is 19.1 Å². The molecule has 1 heterocycles. The molecule has 0 unspecified atom stereocenters. The maximum atomic E-state index is 12.7. The van der Waals surface area contributed by atoms with Gasteiger partial charge in [-0.15, -0.1) is 0 Å². The fourth-order valence-corrected chi connectivity index (χ4v) is 2.80. The van der Waals surface area contributed by atoms with Gasteiger partial charge in [0.15, 0.2) is 5.72 Å². The smallest absolute Gasteiger partial charge is 0.276 e. The van der Waals surface area contributed by atoms with Gasteiger partial charge in [-0.3, -0.25) is 4.79 Å². The van der Waals surface area contributed by atoms with E-state index in [0.29, 0.717) is 21.9 Å². The van der Waals surface area contributed by atoms with Crippen molar-refractivity contribution in [3.05, 3.63) is 70.7 Å². The van der Waals surface area contributed by atoms with Crippen LogP contribution in [0.5, 0.6) is 0 Å². The quantitative estimate of drug-likeness (QED) is 0.923. The maximum Gasteiger partial charge on any atom is 0.276 e. The number of benzene rings is 2. The Hall–Kier alpha value is -2.17. The first-order valence-electron chi connectivity index (χ1n) is 6.93. The Morgan fingerprint density at radius 1 is 1.23 bits per heavy atom. The van der Waals surface area contributed by atoms with E-state index in [4.69, 9.17) is 11.6 Å². The predicted octanol–water partition coefficient (Wildman–Crippen LogP) is 3.41. The van der Waals surface area contributed by atoms with E-state index in [0.717, 1.165) is 5.01 Å². The number of amides is 1. The lowest BCUT2D eigenvalue weighted by Crippen LogP contribution is -2.43. The second kappa shape index (κ2) is 5.55. The lowest BCUT2D eigenvalue weighted by atomic mass is 9.97. The van der Waals surface area contributed by atoms with Crippen molar-refractivity contribution >= 4 is 23.2 Å². The Bertz CT molecular complexity index is 745. The number of nitrogens with zero attached hydrogens (tertiary/aromatic N) is 2. The van der Waals surface area contributed by atoms with Crippen LogP contribution in [0.2, 0.25) is 5.02 Å². The highest BCUT2D eigenvalue weighted by Gasteiger charge is 2.45. The Kier molecular flexibility index (Phi) is 3.72. The van der Waals surface area contributed by atoms with Crippen LogP contribution in [0.3, 0.4) is 0 Å². The van der Waals surface area contributed by atoms with E-state index in [-0.39, 0.29) is 12.3 Å². The molecule has 2 aromatic carbocycles. The van der Waals surface area contributed by atoms with Crippen molar-refractivity contribution in [1.82, 2.24) is 5.01 Å². The molecule has 1 aliphatic rings. The summed E-state index contributed by atoms with van der Waals surface area (Å²) in [5.74, 6) is -0.384. The van der Waals surface area contributed by atoms with Crippen LogP contribution in [0.15, 0.2) is 59.7 Å². The molecule has 0 saturated heterocycles. The Morgan fingerprint density at radius 3 is 2.64 bits per heavy atom. The first-order valence-corrected chi connectivity index (χ1v) is 7.30. The van der Waals surface area contributed by atoms with Gasteiger partial charge < -0.3 is 5.11 Å². The highest BCUT2D eigenvalue weighted by Crippen LogP contribution is 2.36. The molecule has 0 bridgehead atoms. The Labute approximate surface area is 133 Å². The van der Waals surface area contributed by atoms with Crippen LogP contribution in [-0.4, -0.2) is 21.7 Å². The summed E-state index contributed by atoms with van der Waals surface area (Å²) in [6.07, 6.45) is 0.281. The first kappa shape index (κ1) is 14.8. The van der Waals surface area contributed by atoms with E-state index in [2.05, 4.69) is 5.10 Å². The third kappa shape index (κ3) is 2.51. The second-order valence-corrected chi connectivity index (χ2v) is 5.76. The molecule has 5 heteroatoms. The van der Waals surface area contributed by atoms with Gasteiger partial charge in [0.05, 0.1) is 0 Å². The zero-order valence-electron chi connectivity index (χ0n) is 12.0. The van der Waals surface area contributed by atoms with Crippen molar-refractivity contribution in [1.29, 1.82) is 0 Å². The van der Waals surface area contributed by atoms with Gasteiger partial charge in [-0.25, -0.2) is 0 Å². The molecule has 112 valence electrons. The SMILES string of the molecule is CC1=NN(C(=O)c2cccc(Cl)c2)[C@](O)(c2ccccc2)C1. The van der Waals surface area contributed by atoms with E-state index >= 15 is 0 Å².